The van der Waals surface area contributed by atoms with Crippen LogP contribution < -0.4 is 4.74 Å². The second-order valence-electron chi connectivity index (χ2n) is 9.50. The first-order valence-electron chi connectivity index (χ1n) is 10.6. The van der Waals surface area contributed by atoms with Gasteiger partial charge in [0.15, 0.2) is 9.84 Å². The number of alkyl halides is 2. The van der Waals surface area contributed by atoms with Crippen LogP contribution in [-0.2, 0) is 28.1 Å². The Kier molecular flexibility index (Phi) is 6.12. The third-order valence-corrected chi connectivity index (χ3v) is 7.79. The van der Waals surface area contributed by atoms with Gasteiger partial charge in [-0.3, -0.25) is 0 Å². The fourth-order valence-corrected chi connectivity index (χ4v) is 5.73. The molecule has 1 aromatic heterocycles. The van der Waals surface area contributed by atoms with Crippen LogP contribution in [0.5, 0.6) is 5.75 Å². The molecule has 1 atom stereocenters. The third kappa shape index (κ3) is 4.81. The van der Waals surface area contributed by atoms with E-state index in [0.29, 0.717) is 30.0 Å². The van der Waals surface area contributed by atoms with Crippen LogP contribution in [0.2, 0.25) is 0 Å². The number of rotatable bonds is 7. The molecule has 2 heterocycles. The molecule has 0 amide bonds. The third-order valence-electron chi connectivity index (χ3n) is 6.20. The van der Waals surface area contributed by atoms with Crippen LogP contribution in [0.4, 0.5) is 8.78 Å². The van der Waals surface area contributed by atoms with Crippen molar-refractivity contribution in [2.75, 3.05) is 12.9 Å². The predicted molar refractivity (Wildman–Crippen MR) is 127 cm³/mol. The van der Waals surface area contributed by atoms with Crippen molar-refractivity contribution in [3.8, 4) is 5.75 Å². The minimum absolute atomic E-state index is 0.122. The highest BCUT2D eigenvalue weighted by atomic mass is 79.9. The lowest BCUT2D eigenvalue weighted by atomic mass is 9.73. The average Bonchev–Trinajstić information content (AvgIpc) is 3.31. The van der Waals surface area contributed by atoms with Gasteiger partial charge in [-0.1, -0.05) is 29.8 Å². The van der Waals surface area contributed by atoms with Crippen molar-refractivity contribution in [1.82, 2.24) is 4.98 Å². The minimum atomic E-state index is -3.51. The Bertz CT molecular complexity index is 1320. The van der Waals surface area contributed by atoms with Crippen LogP contribution in [0.25, 0.3) is 10.9 Å². The van der Waals surface area contributed by atoms with Crippen LogP contribution >= 0.6 is 15.9 Å². The molecule has 0 spiro atoms. The number of hydrogen-bond acceptors (Lipinski definition) is 4. The van der Waals surface area contributed by atoms with Gasteiger partial charge in [0.25, 0.3) is 6.43 Å². The van der Waals surface area contributed by atoms with Gasteiger partial charge in [-0.15, -0.1) is 0 Å². The maximum atomic E-state index is 14.3. The summed E-state index contributed by atoms with van der Waals surface area (Å²) in [5.74, 6) is 0.527. The molecule has 1 aliphatic heterocycles. The Balaban J connectivity index is 1.72. The zero-order chi connectivity index (χ0) is 24.2. The molecule has 0 saturated heterocycles. The van der Waals surface area contributed by atoms with Crippen molar-refractivity contribution >= 4 is 36.7 Å². The van der Waals surface area contributed by atoms with Crippen molar-refractivity contribution in [3.05, 3.63) is 57.7 Å². The quantitative estimate of drug-likeness (QED) is 0.432. The summed E-state index contributed by atoms with van der Waals surface area (Å²) in [5.41, 5.74) is -0.798. The van der Waals surface area contributed by atoms with Gasteiger partial charge in [-0.2, -0.15) is 0 Å². The first kappa shape index (κ1) is 24.2. The molecular weight excluding hydrogens is 516 g/mol. The van der Waals surface area contributed by atoms with Crippen molar-refractivity contribution in [3.63, 3.8) is 0 Å². The summed E-state index contributed by atoms with van der Waals surface area (Å²) in [4.78, 5) is 3.23. The number of sulfone groups is 1. The number of fused-ring (bicyclic) bond motifs is 2. The second-order valence-corrected chi connectivity index (χ2v) is 12.4. The standard InChI is InChI=1S/C24H26BrF2NO4S/c1-23(2,19-11-18(33(3,30)31)10-14-6-7-32-21(14)19)13-24(29,22(26)27)12-17-9-15-8-16(25)4-5-20(15)28-17/h4-5,8-11,22,28-29H,6-7,12-13H2,1-3H3. The van der Waals surface area contributed by atoms with Crippen molar-refractivity contribution in [2.24, 2.45) is 0 Å². The van der Waals surface area contributed by atoms with E-state index in [9.17, 15) is 22.3 Å². The van der Waals surface area contributed by atoms with Gasteiger partial charge < -0.3 is 14.8 Å². The van der Waals surface area contributed by atoms with Gasteiger partial charge in [-0.25, -0.2) is 17.2 Å². The zero-order valence-corrected chi connectivity index (χ0v) is 21.0. The normalized spacial score (nSPS) is 16.1. The maximum Gasteiger partial charge on any atom is 0.267 e. The molecule has 1 unspecified atom stereocenters. The van der Waals surface area contributed by atoms with Gasteiger partial charge in [0.2, 0.25) is 0 Å². The Morgan fingerprint density at radius 3 is 2.61 bits per heavy atom. The fourth-order valence-electron chi connectivity index (χ4n) is 4.66. The molecule has 5 nitrogen and oxygen atoms in total. The SMILES string of the molecule is CC(C)(CC(O)(Cc1cc2cc(Br)ccc2[nH]1)C(F)F)c1cc(S(C)(=O)=O)cc2c1OCC2. The molecule has 3 aromatic rings. The highest BCUT2D eigenvalue weighted by Gasteiger charge is 2.45. The summed E-state index contributed by atoms with van der Waals surface area (Å²) < 4.78 is 59.7. The summed E-state index contributed by atoms with van der Waals surface area (Å²) in [6, 6.07) is 10.4. The summed E-state index contributed by atoms with van der Waals surface area (Å²) in [7, 11) is -3.51. The maximum absolute atomic E-state index is 14.3. The van der Waals surface area contributed by atoms with Crippen LogP contribution in [0, 0.1) is 0 Å². The van der Waals surface area contributed by atoms with Crippen molar-refractivity contribution < 1.29 is 27.0 Å². The predicted octanol–water partition coefficient (Wildman–Crippen LogP) is 5.18. The Morgan fingerprint density at radius 1 is 1.21 bits per heavy atom. The fraction of sp³-hybridized carbons (Fsp3) is 0.417. The molecule has 2 N–H and O–H groups in total. The van der Waals surface area contributed by atoms with E-state index in [1.54, 1.807) is 26.0 Å². The van der Waals surface area contributed by atoms with E-state index in [2.05, 4.69) is 20.9 Å². The number of aromatic amines is 1. The monoisotopic (exact) mass is 541 g/mol. The zero-order valence-electron chi connectivity index (χ0n) is 18.6. The minimum Gasteiger partial charge on any atom is -0.493 e. The molecule has 0 saturated carbocycles. The summed E-state index contributed by atoms with van der Waals surface area (Å²) in [5, 5.41) is 12.0. The molecule has 0 radical (unpaired) electrons. The first-order chi connectivity index (χ1) is 15.3. The van der Waals surface area contributed by atoms with E-state index in [1.165, 1.54) is 6.07 Å². The molecule has 33 heavy (non-hydrogen) atoms. The summed E-state index contributed by atoms with van der Waals surface area (Å²) in [6.45, 7) is 3.85. The van der Waals surface area contributed by atoms with Crippen LogP contribution in [-0.4, -0.2) is 43.4 Å². The van der Waals surface area contributed by atoms with E-state index in [1.807, 2.05) is 18.2 Å². The van der Waals surface area contributed by atoms with Crippen molar-refractivity contribution in [1.29, 1.82) is 0 Å². The lowest BCUT2D eigenvalue weighted by Crippen LogP contribution is -2.45. The summed E-state index contributed by atoms with van der Waals surface area (Å²) in [6.07, 6.45) is -1.92. The number of benzene rings is 2. The van der Waals surface area contributed by atoms with Crippen LogP contribution in [0.1, 0.15) is 37.1 Å². The van der Waals surface area contributed by atoms with Gasteiger partial charge in [0, 0.05) is 45.7 Å². The molecule has 0 aliphatic carbocycles. The summed E-state index contributed by atoms with van der Waals surface area (Å²) >= 11 is 3.40. The van der Waals surface area contributed by atoms with Gasteiger partial charge >= 0.3 is 0 Å². The Morgan fingerprint density at radius 2 is 1.94 bits per heavy atom. The van der Waals surface area contributed by atoms with E-state index < -0.39 is 27.3 Å². The number of halogens is 3. The molecular formula is C24H26BrF2NO4S. The molecule has 178 valence electrons. The number of aliphatic hydroxyl groups is 1. The number of hydrogen-bond donors (Lipinski definition) is 2. The van der Waals surface area contributed by atoms with Crippen molar-refractivity contribution in [2.45, 2.75) is 55.4 Å². The van der Waals surface area contributed by atoms with Gasteiger partial charge in [0.1, 0.15) is 11.4 Å². The second kappa shape index (κ2) is 8.36. The smallest absolute Gasteiger partial charge is 0.267 e. The molecule has 0 fully saturated rings. The number of ether oxygens (including phenoxy) is 1. The van der Waals surface area contributed by atoms with Gasteiger partial charge in [-0.05, 0) is 53.8 Å². The lowest BCUT2D eigenvalue weighted by Gasteiger charge is -2.37. The highest BCUT2D eigenvalue weighted by Crippen LogP contribution is 2.44. The molecule has 9 heteroatoms. The number of aromatic nitrogens is 1. The first-order valence-corrected chi connectivity index (χ1v) is 13.2. The Hall–Kier alpha value is -1.97. The van der Waals surface area contributed by atoms with Gasteiger partial charge in [0.05, 0.1) is 11.5 Å². The topological polar surface area (TPSA) is 79.4 Å². The highest BCUT2D eigenvalue weighted by molar-refractivity contribution is 9.10. The number of H-pyrrole nitrogens is 1. The number of nitrogens with one attached hydrogen (secondary N) is 1. The molecule has 0 bridgehead atoms. The largest absolute Gasteiger partial charge is 0.493 e. The van der Waals surface area contributed by atoms with E-state index in [0.717, 1.165) is 27.2 Å². The van der Waals surface area contributed by atoms with Crippen LogP contribution in [0.3, 0.4) is 0 Å². The van der Waals surface area contributed by atoms with E-state index in [4.69, 9.17) is 4.74 Å². The molecule has 1 aliphatic rings. The molecule has 4 rings (SSSR count). The lowest BCUT2D eigenvalue weighted by molar-refractivity contribution is -0.110. The Labute approximate surface area is 200 Å². The van der Waals surface area contributed by atoms with E-state index in [-0.39, 0.29) is 17.7 Å². The van der Waals surface area contributed by atoms with Crippen LogP contribution in [0.15, 0.2) is 45.8 Å². The average molecular weight is 542 g/mol. The molecule has 2 aromatic carbocycles. The van der Waals surface area contributed by atoms with E-state index >= 15 is 0 Å².